The molecule has 6 nitrogen and oxygen atoms in total. The highest BCUT2D eigenvalue weighted by molar-refractivity contribution is 5.80. The van der Waals surface area contributed by atoms with E-state index in [2.05, 4.69) is 34.1 Å². The van der Waals surface area contributed by atoms with Gasteiger partial charge in [0.25, 0.3) is 0 Å². The zero-order valence-electron chi connectivity index (χ0n) is 11.9. The summed E-state index contributed by atoms with van der Waals surface area (Å²) in [6, 6.07) is -0.238. The number of amides is 1. The molecule has 6 heteroatoms. The number of rotatable bonds is 7. The van der Waals surface area contributed by atoms with Crippen LogP contribution in [0.3, 0.4) is 0 Å². The average Bonchev–Trinajstić information content (AvgIpc) is 2.34. The summed E-state index contributed by atoms with van der Waals surface area (Å²) in [6.45, 7) is 7.10. The number of likely N-dealkylation sites (N-methyl/N-ethyl adjacent to an activating group) is 2. The molecule has 3 N–H and O–H groups in total. The van der Waals surface area contributed by atoms with Gasteiger partial charge in [-0.15, -0.1) is 0 Å². The third-order valence-corrected chi connectivity index (χ3v) is 3.46. The van der Waals surface area contributed by atoms with Crippen molar-refractivity contribution in [2.45, 2.75) is 6.04 Å². The standard InChI is InChI=1S/C12H27N5O/c1-14-11(12(13)18)10-17-8-6-16(7-9-17)5-4-15(2)3/h11,14H,4-10H2,1-3H3,(H2,13,18). The van der Waals surface area contributed by atoms with E-state index in [-0.39, 0.29) is 11.9 Å². The summed E-state index contributed by atoms with van der Waals surface area (Å²) in [4.78, 5) is 18.1. The molecule has 1 aliphatic rings. The molecule has 1 unspecified atom stereocenters. The van der Waals surface area contributed by atoms with Gasteiger partial charge in [0.2, 0.25) is 5.91 Å². The van der Waals surface area contributed by atoms with Crippen molar-refractivity contribution < 1.29 is 4.79 Å². The first kappa shape index (κ1) is 15.4. The largest absolute Gasteiger partial charge is 0.368 e. The minimum absolute atomic E-state index is 0.238. The van der Waals surface area contributed by atoms with E-state index in [0.717, 1.165) is 39.3 Å². The van der Waals surface area contributed by atoms with Crippen LogP contribution >= 0.6 is 0 Å². The van der Waals surface area contributed by atoms with Crippen LogP contribution in [-0.4, -0.2) is 93.6 Å². The molecule has 0 aromatic rings. The number of primary amides is 1. The van der Waals surface area contributed by atoms with Crippen LogP contribution < -0.4 is 11.1 Å². The molecule has 1 heterocycles. The fraction of sp³-hybridized carbons (Fsp3) is 0.917. The molecule has 1 aliphatic heterocycles. The molecule has 1 amide bonds. The van der Waals surface area contributed by atoms with Crippen molar-refractivity contribution in [2.75, 3.05) is 67.0 Å². The van der Waals surface area contributed by atoms with Crippen LogP contribution in [0.15, 0.2) is 0 Å². The Hall–Kier alpha value is -0.690. The lowest BCUT2D eigenvalue weighted by Crippen LogP contribution is -2.54. The van der Waals surface area contributed by atoms with Gasteiger partial charge in [-0.25, -0.2) is 0 Å². The summed E-state index contributed by atoms with van der Waals surface area (Å²) in [5, 5.41) is 2.96. The molecule has 106 valence electrons. The minimum Gasteiger partial charge on any atom is -0.368 e. The van der Waals surface area contributed by atoms with Crippen LogP contribution in [0.5, 0.6) is 0 Å². The molecule has 0 aliphatic carbocycles. The second-order valence-electron chi connectivity index (χ2n) is 5.19. The molecular weight excluding hydrogens is 230 g/mol. The third-order valence-electron chi connectivity index (χ3n) is 3.46. The number of hydrogen-bond acceptors (Lipinski definition) is 5. The lowest BCUT2D eigenvalue weighted by Gasteiger charge is -2.36. The van der Waals surface area contributed by atoms with E-state index in [1.54, 1.807) is 7.05 Å². The quantitative estimate of drug-likeness (QED) is 0.566. The number of nitrogens with two attached hydrogens (primary N) is 1. The number of carbonyl (C=O) groups excluding carboxylic acids is 1. The molecule has 0 aromatic carbocycles. The van der Waals surface area contributed by atoms with Crippen molar-refractivity contribution in [2.24, 2.45) is 5.73 Å². The Bertz CT molecular complexity index is 251. The normalized spacial score (nSPS) is 20.2. The highest BCUT2D eigenvalue weighted by Crippen LogP contribution is 2.02. The molecule has 0 saturated carbocycles. The number of hydrogen-bond donors (Lipinski definition) is 2. The Morgan fingerprint density at radius 1 is 1.28 bits per heavy atom. The van der Waals surface area contributed by atoms with Gasteiger partial charge in [0.05, 0.1) is 6.04 Å². The van der Waals surface area contributed by atoms with Crippen molar-refractivity contribution in [1.82, 2.24) is 20.0 Å². The first-order valence-electron chi connectivity index (χ1n) is 6.59. The van der Waals surface area contributed by atoms with Crippen molar-refractivity contribution in [3.8, 4) is 0 Å². The monoisotopic (exact) mass is 257 g/mol. The van der Waals surface area contributed by atoms with Gasteiger partial charge in [-0.2, -0.15) is 0 Å². The smallest absolute Gasteiger partial charge is 0.235 e. The van der Waals surface area contributed by atoms with Crippen LogP contribution in [0.1, 0.15) is 0 Å². The summed E-state index contributed by atoms with van der Waals surface area (Å²) in [7, 11) is 5.98. The summed E-state index contributed by atoms with van der Waals surface area (Å²) in [5.74, 6) is -0.271. The number of nitrogens with one attached hydrogen (secondary N) is 1. The fourth-order valence-electron chi connectivity index (χ4n) is 2.12. The molecule has 0 bridgehead atoms. The lowest BCUT2D eigenvalue weighted by molar-refractivity contribution is -0.120. The highest BCUT2D eigenvalue weighted by atomic mass is 16.1. The predicted molar refractivity (Wildman–Crippen MR) is 73.5 cm³/mol. The molecular formula is C12H27N5O. The molecule has 1 atom stereocenters. The van der Waals surface area contributed by atoms with E-state index >= 15 is 0 Å². The number of nitrogens with zero attached hydrogens (tertiary/aromatic N) is 3. The maximum absolute atomic E-state index is 11.2. The van der Waals surface area contributed by atoms with Crippen molar-refractivity contribution in [3.63, 3.8) is 0 Å². The Morgan fingerprint density at radius 2 is 1.83 bits per heavy atom. The molecule has 0 aromatic heterocycles. The van der Waals surface area contributed by atoms with Crippen molar-refractivity contribution in [1.29, 1.82) is 0 Å². The number of piperazine rings is 1. The van der Waals surface area contributed by atoms with Crippen LogP contribution in [0, 0.1) is 0 Å². The van der Waals surface area contributed by atoms with E-state index in [1.165, 1.54) is 0 Å². The number of carbonyl (C=O) groups is 1. The zero-order valence-corrected chi connectivity index (χ0v) is 11.9. The van der Waals surface area contributed by atoms with Gasteiger partial charge in [-0.3, -0.25) is 14.6 Å². The van der Waals surface area contributed by atoms with E-state index in [9.17, 15) is 4.79 Å². The maximum Gasteiger partial charge on any atom is 0.235 e. The summed E-state index contributed by atoms with van der Waals surface area (Å²) in [6.07, 6.45) is 0. The highest BCUT2D eigenvalue weighted by Gasteiger charge is 2.21. The van der Waals surface area contributed by atoms with Crippen LogP contribution in [0.25, 0.3) is 0 Å². The van der Waals surface area contributed by atoms with Crippen LogP contribution in [-0.2, 0) is 4.79 Å². The second-order valence-corrected chi connectivity index (χ2v) is 5.19. The van der Waals surface area contributed by atoms with Gasteiger partial charge in [0.1, 0.15) is 0 Å². The Balaban J connectivity index is 2.24. The third kappa shape index (κ3) is 5.30. The molecule has 1 saturated heterocycles. The van der Waals surface area contributed by atoms with Gasteiger partial charge >= 0.3 is 0 Å². The van der Waals surface area contributed by atoms with E-state index in [4.69, 9.17) is 5.73 Å². The van der Waals surface area contributed by atoms with Crippen molar-refractivity contribution >= 4 is 5.91 Å². The van der Waals surface area contributed by atoms with Gasteiger partial charge in [-0.1, -0.05) is 0 Å². The van der Waals surface area contributed by atoms with E-state index in [0.29, 0.717) is 6.54 Å². The van der Waals surface area contributed by atoms with Crippen LogP contribution in [0.2, 0.25) is 0 Å². The summed E-state index contributed by atoms with van der Waals surface area (Å²) >= 11 is 0. The van der Waals surface area contributed by atoms with Crippen LogP contribution in [0.4, 0.5) is 0 Å². The first-order valence-corrected chi connectivity index (χ1v) is 6.59. The molecule has 1 rings (SSSR count). The lowest BCUT2D eigenvalue weighted by atomic mass is 10.2. The van der Waals surface area contributed by atoms with Crippen molar-refractivity contribution in [3.05, 3.63) is 0 Å². The second kappa shape index (κ2) is 7.68. The Morgan fingerprint density at radius 3 is 2.28 bits per heavy atom. The van der Waals surface area contributed by atoms with E-state index in [1.807, 2.05) is 0 Å². The first-order chi connectivity index (χ1) is 8.52. The molecule has 0 radical (unpaired) electrons. The predicted octanol–water partition coefficient (Wildman–Crippen LogP) is -1.76. The van der Waals surface area contributed by atoms with Gasteiger partial charge in [0.15, 0.2) is 0 Å². The summed E-state index contributed by atoms with van der Waals surface area (Å²) in [5.41, 5.74) is 5.33. The minimum atomic E-state index is -0.271. The Kier molecular flexibility index (Phi) is 6.56. The summed E-state index contributed by atoms with van der Waals surface area (Å²) < 4.78 is 0. The van der Waals surface area contributed by atoms with E-state index < -0.39 is 0 Å². The van der Waals surface area contributed by atoms with Gasteiger partial charge < -0.3 is 16.0 Å². The topological polar surface area (TPSA) is 64.8 Å². The zero-order chi connectivity index (χ0) is 13.5. The Labute approximate surface area is 110 Å². The molecule has 0 spiro atoms. The average molecular weight is 257 g/mol. The van der Waals surface area contributed by atoms with Gasteiger partial charge in [-0.05, 0) is 21.1 Å². The SMILES string of the molecule is CNC(CN1CCN(CCN(C)C)CC1)C(N)=O. The maximum atomic E-state index is 11.2. The van der Waals surface area contributed by atoms with Gasteiger partial charge in [0, 0.05) is 45.8 Å². The molecule has 1 fully saturated rings. The fourth-order valence-corrected chi connectivity index (χ4v) is 2.12. The molecule has 18 heavy (non-hydrogen) atoms.